The van der Waals surface area contributed by atoms with Crippen molar-refractivity contribution < 1.29 is 27.9 Å². The van der Waals surface area contributed by atoms with E-state index in [4.69, 9.17) is 23.6 Å². The molecule has 0 saturated carbocycles. The number of amides is 1. The molecule has 1 amide bonds. The molecule has 1 aromatic carbocycles. The number of quaternary nitrogens is 1. The Balaban J connectivity index is 1.43. The number of benzene rings is 1. The van der Waals surface area contributed by atoms with Gasteiger partial charge in [0, 0.05) is 12.5 Å². The van der Waals surface area contributed by atoms with Gasteiger partial charge >= 0.3 is 12.3 Å². The molecular formula is C22H29N2O5+. The number of morpholine rings is 1. The van der Waals surface area contributed by atoms with Crippen LogP contribution in [0.4, 0.5) is 0 Å². The van der Waals surface area contributed by atoms with Gasteiger partial charge in [-0.15, -0.1) is 0 Å². The molecule has 2 atom stereocenters. The van der Waals surface area contributed by atoms with Crippen LogP contribution >= 0.6 is 0 Å². The van der Waals surface area contributed by atoms with Crippen LogP contribution in [0.5, 0.6) is 0 Å². The topological polar surface area (TPSA) is 70.8 Å². The van der Waals surface area contributed by atoms with Crippen molar-refractivity contribution in [1.82, 2.24) is 4.98 Å². The van der Waals surface area contributed by atoms with Gasteiger partial charge in [0.15, 0.2) is 0 Å². The van der Waals surface area contributed by atoms with Crippen molar-refractivity contribution >= 4 is 6.41 Å². The largest absolute Gasteiger partial charge is 0.441 e. The van der Waals surface area contributed by atoms with E-state index in [2.05, 4.69) is 0 Å². The number of hydrogen-bond acceptors (Lipinski definition) is 6. The average Bonchev–Trinajstić information content (AvgIpc) is 3.14. The van der Waals surface area contributed by atoms with Crippen molar-refractivity contribution in [3.8, 4) is 11.5 Å². The molecule has 7 nitrogen and oxygen atoms in total. The Morgan fingerprint density at radius 2 is 1.97 bits per heavy atom. The smallest absolute Gasteiger partial charge is 0.323 e. The number of carbonyl (C=O) groups excluding carboxylic acids is 1. The number of ether oxygens (including phenoxy) is 3. The maximum atomic E-state index is 12.0. The number of rotatable bonds is 6. The predicted octanol–water partition coefficient (Wildman–Crippen LogP) is 3.07. The van der Waals surface area contributed by atoms with Crippen LogP contribution in [0, 0.1) is 6.92 Å². The number of oxazole rings is 1. The van der Waals surface area contributed by atoms with Crippen LogP contribution in [0.25, 0.3) is 11.5 Å². The molecule has 0 aliphatic carbocycles. The molecule has 2 unspecified atom stereocenters. The van der Waals surface area contributed by atoms with Gasteiger partial charge in [-0.3, -0.25) is 4.74 Å². The monoisotopic (exact) mass is 401 g/mol. The highest BCUT2D eigenvalue weighted by molar-refractivity contribution is 5.53. The quantitative estimate of drug-likeness (QED) is 0.547. The van der Waals surface area contributed by atoms with Gasteiger partial charge in [0.2, 0.25) is 5.89 Å². The fraction of sp³-hybridized carbons (Fsp3) is 0.545. The van der Waals surface area contributed by atoms with Gasteiger partial charge in [-0.1, -0.05) is 18.2 Å². The Bertz CT molecular complexity index is 831. The Hall–Kier alpha value is -2.06. The van der Waals surface area contributed by atoms with E-state index in [-0.39, 0.29) is 10.6 Å². The van der Waals surface area contributed by atoms with Crippen LogP contribution in [0.2, 0.25) is 0 Å². The maximum absolute atomic E-state index is 12.0. The van der Waals surface area contributed by atoms with E-state index in [9.17, 15) is 4.79 Å². The molecule has 2 aliphatic rings. The van der Waals surface area contributed by atoms with Crippen LogP contribution in [-0.4, -0.2) is 60.8 Å². The Morgan fingerprint density at radius 1 is 1.21 bits per heavy atom. The van der Waals surface area contributed by atoms with Crippen molar-refractivity contribution in [3.05, 3.63) is 41.8 Å². The molecule has 29 heavy (non-hydrogen) atoms. The van der Waals surface area contributed by atoms with E-state index < -0.39 is 5.91 Å². The lowest BCUT2D eigenvalue weighted by atomic mass is 10.1. The average molecular weight is 401 g/mol. The van der Waals surface area contributed by atoms with E-state index in [1.54, 1.807) is 0 Å². The molecule has 0 N–H and O–H groups in total. The van der Waals surface area contributed by atoms with Crippen LogP contribution < -0.4 is 0 Å². The summed E-state index contributed by atoms with van der Waals surface area (Å²) in [5, 5.41) is 0. The van der Waals surface area contributed by atoms with Crippen molar-refractivity contribution in [1.29, 1.82) is 0 Å². The lowest BCUT2D eigenvalue weighted by Gasteiger charge is -2.49. The summed E-state index contributed by atoms with van der Waals surface area (Å²) >= 11 is 0. The third-order valence-electron chi connectivity index (χ3n) is 6.09. The highest BCUT2D eigenvalue weighted by Gasteiger charge is 2.54. The second-order valence-corrected chi connectivity index (χ2v) is 7.90. The zero-order valence-electron chi connectivity index (χ0n) is 17.1. The summed E-state index contributed by atoms with van der Waals surface area (Å²) in [5.41, 5.74) is 1.92. The van der Waals surface area contributed by atoms with E-state index in [0.717, 1.165) is 42.7 Å². The van der Waals surface area contributed by atoms with E-state index in [0.29, 0.717) is 38.8 Å². The second-order valence-electron chi connectivity index (χ2n) is 7.90. The predicted molar refractivity (Wildman–Crippen MR) is 106 cm³/mol. The van der Waals surface area contributed by atoms with Crippen molar-refractivity contribution in [2.75, 3.05) is 32.9 Å². The van der Waals surface area contributed by atoms with Crippen molar-refractivity contribution in [3.63, 3.8) is 0 Å². The third kappa shape index (κ3) is 4.00. The van der Waals surface area contributed by atoms with Gasteiger partial charge in [0.1, 0.15) is 18.8 Å². The van der Waals surface area contributed by atoms with Gasteiger partial charge in [-0.05, 0) is 38.3 Å². The first kappa shape index (κ1) is 20.2. The molecule has 2 aliphatic heterocycles. The van der Waals surface area contributed by atoms with E-state index in [1.165, 1.54) is 0 Å². The van der Waals surface area contributed by atoms with Gasteiger partial charge in [0.05, 0.1) is 31.6 Å². The standard InChI is InChI=1S/C22H29N2O5/c1-17-20(23-21(28-17)18-6-4-3-5-7-18)9-8-19-10-13-27-22(2,29-19)24(16-25)11-14-26-15-12-24/h3-7,16,19H,8-15H2,1-2H3/q+1. The first-order valence-corrected chi connectivity index (χ1v) is 10.3. The number of aromatic nitrogens is 1. The fourth-order valence-corrected chi connectivity index (χ4v) is 4.16. The minimum absolute atomic E-state index is 0.00261. The number of nitrogens with zero attached hydrogens (tertiary/aromatic N) is 2. The molecule has 2 saturated heterocycles. The molecule has 2 aromatic rings. The summed E-state index contributed by atoms with van der Waals surface area (Å²) in [4.78, 5) is 16.7. The Morgan fingerprint density at radius 3 is 2.69 bits per heavy atom. The van der Waals surface area contributed by atoms with Crippen molar-refractivity contribution in [2.24, 2.45) is 0 Å². The van der Waals surface area contributed by atoms with Crippen LogP contribution in [0.3, 0.4) is 0 Å². The molecule has 3 heterocycles. The number of hydrogen-bond donors (Lipinski definition) is 0. The zero-order valence-corrected chi connectivity index (χ0v) is 17.1. The zero-order chi connectivity index (χ0) is 20.3. The van der Waals surface area contributed by atoms with Gasteiger partial charge in [0.25, 0.3) is 0 Å². The Kier molecular flexibility index (Phi) is 5.83. The van der Waals surface area contributed by atoms with E-state index >= 15 is 0 Å². The summed E-state index contributed by atoms with van der Waals surface area (Å²) < 4.78 is 23.8. The Labute approximate surface area is 171 Å². The minimum Gasteiger partial charge on any atom is -0.441 e. The lowest BCUT2D eigenvalue weighted by Crippen LogP contribution is -2.70. The molecule has 2 fully saturated rings. The number of carbonyl (C=O) groups is 1. The SMILES string of the molecule is Cc1oc(-c2ccccc2)nc1CCC1CCOC(C)([N+]2(C=O)CCOCC2)O1. The van der Waals surface area contributed by atoms with E-state index in [1.807, 2.05) is 44.2 Å². The van der Waals surface area contributed by atoms with Crippen molar-refractivity contribution in [2.45, 2.75) is 45.1 Å². The molecule has 0 spiro atoms. The minimum atomic E-state index is -0.970. The molecular weight excluding hydrogens is 372 g/mol. The highest BCUT2D eigenvalue weighted by Crippen LogP contribution is 2.34. The second kappa shape index (κ2) is 8.36. The molecule has 4 rings (SSSR count). The molecule has 0 radical (unpaired) electrons. The summed E-state index contributed by atoms with van der Waals surface area (Å²) in [6.07, 6.45) is 3.32. The first-order chi connectivity index (χ1) is 14.1. The molecule has 1 aromatic heterocycles. The van der Waals surface area contributed by atoms with Gasteiger partial charge in [-0.25, -0.2) is 14.3 Å². The first-order valence-electron chi connectivity index (χ1n) is 10.3. The maximum Gasteiger partial charge on any atom is 0.323 e. The highest BCUT2D eigenvalue weighted by atomic mass is 16.7. The third-order valence-corrected chi connectivity index (χ3v) is 6.09. The molecule has 156 valence electrons. The van der Waals surface area contributed by atoms with Crippen LogP contribution in [0.1, 0.15) is 31.2 Å². The molecule has 0 bridgehead atoms. The summed E-state index contributed by atoms with van der Waals surface area (Å²) in [5.74, 6) is 0.514. The van der Waals surface area contributed by atoms with Crippen LogP contribution in [-0.2, 0) is 25.4 Å². The lowest BCUT2D eigenvalue weighted by molar-refractivity contribution is -0.964. The summed E-state index contributed by atoms with van der Waals surface area (Å²) in [7, 11) is 0. The fourth-order valence-electron chi connectivity index (χ4n) is 4.16. The van der Waals surface area contributed by atoms with Gasteiger partial charge < -0.3 is 13.9 Å². The normalized spacial score (nSPS) is 26.9. The molecule has 7 heteroatoms. The van der Waals surface area contributed by atoms with Crippen LogP contribution in [0.15, 0.2) is 34.7 Å². The number of aryl methyl sites for hydroxylation is 2. The van der Waals surface area contributed by atoms with Gasteiger partial charge in [-0.2, -0.15) is 0 Å². The summed E-state index contributed by atoms with van der Waals surface area (Å²) in [6, 6.07) is 9.91. The summed E-state index contributed by atoms with van der Waals surface area (Å²) in [6.45, 7) is 6.60.